The number of carbonyl (C=O) groups excluding carboxylic acids is 1. The van der Waals surface area contributed by atoms with Crippen molar-refractivity contribution in [1.82, 2.24) is 24.6 Å². The Bertz CT molecular complexity index is 1770. The lowest BCUT2D eigenvalue weighted by atomic mass is 9.90. The van der Waals surface area contributed by atoms with Gasteiger partial charge in [0.25, 0.3) is 0 Å². The number of imidazole rings is 1. The van der Waals surface area contributed by atoms with E-state index in [2.05, 4.69) is 25.4 Å². The Morgan fingerprint density at radius 1 is 1.04 bits per heavy atom. The van der Waals surface area contributed by atoms with Crippen molar-refractivity contribution < 1.29 is 73.7 Å². The third kappa shape index (κ3) is 10.6. The number of ketones is 1. The Morgan fingerprint density at radius 2 is 1.73 bits per heavy atom. The van der Waals surface area contributed by atoms with Crippen molar-refractivity contribution >= 4 is 36.3 Å². The van der Waals surface area contributed by atoms with E-state index in [9.17, 15) is 55.0 Å². The number of benzene rings is 1. The molecule has 0 saturated carbocycles. The number of rotatable bonds is 21. The SMILES string of the molecule is CC(C)[C@](C)(N[P@](=O)(CO[C@H](C)Cn1cnc2c(NCC(=O)[C@@H](O)[C@H](O[C@@H]3O[C@H](CO)[C@H](O)[C@H](O)[C@H]3O)[C@H](O)CO)ncnc21)Oc1ccccc1)C(=O)O. The van der Waals surface area contributed by atoms with Gasteiger partial charge in [-0.25, -0.2) is 20.0 Å². The monoisotopic (exact) mass is 800 g/mol. The molecule has 306 valence electrons. The number of nitrogens with one attached hydrogen (secondary N) is 2. The normalized spacial score (nSPS) is 24.7. The topological polar surface area (TPSA) is 318 Å². The second-order valence-electron chi connectivity index (χ2n) is 13.6. The van der Waals surface area contributed by atoms with Crippen molar-refractivity contribution in [2.24, 2.45) is 5.92 Å². The maximum Gasteiger partial charge on any atom is 0.342 e. The average Bonchev–Trinajstić information content (AvgIpc) is 3.57. The molecule has 2 aromatic heterocycles. The molecule has 4 rings (SSSR count). The number of aromatic nitrogens is 4. The highest BCUT2D eigenvalue weighted by Crippen LogP contribution is 2.46. The minimum Gasteiger partial charge on any atom is -0.480 e. The minimum atomic E-state index is -3.99. The highest BCUT2D eigenvalue weighted by atomic mass is 31.2. The molecule has 1 aliphatic heterocycles. The van der Waals surface area contributed by atoms with E-state index in [-0.39, 0.29) is 23.6 Å². The Labute approximate surface area is 315 Å². The summed E-state index contributed by atoms with van der Waals surface area (Å²) in [6, 6.07) is 8.26. The lowest BCUT2D eigenvalue weighted by molar-refractivity contribution is -0.323. The maximum absolute atomic E-state index is 14.1. The summed E-state index contributed by atoms with van der Waals surface area (Å²) < 4.78 is 38.1. The number of aliphatic hydroxyl groups is 7. The number of hydrogen-bond donors (Lipinski definition) is 10. The van der Waals surface area contributed by atoms with Crippen LogP contribution in [0.5, 0.6) is 5.75 Å². The molecule has 11 atom stereocenters. The van der Waals surface area contributed by atoms with Crippen LogP contribution in [0.15, 0.2) is 43.0 Å². The minimum absolute atomic E-state index is 0.0681. The van der Waals surface area contributed by atoms with Crippen LogP contribution in [-0.4, -0.2) is 159 Å². The third-order valence-corrected chi connectivity index (χ3v) is 11.0. The fourth-order valence-electron chi connectivity index (χ4n) is 5.48. The van der Waals surface area contributed by atoms with Crippen LogP contribution in [0.4, 0.5) is 5.82 Å². The lowest BCUT2D eigenvalue weighted by Crippen LogP contribution is -2.61. The van der Waals surface area contributed by atoms with Crippen LogP contribution in [0.1, 0.15) is 27.7 Å². The van der Waals surface area contributed by atoms with Gasteiger partial charge in [-0.1, -0.05) is 32.0 Å². The molecule has 0 spiro atoms. The van der Waals surface area contributed by atoms with Crippen LogP contribution in [0.3, 0.4) is 0 Å². The molecule has 22 heteroatoms. The molecule has 21 nitrogen and oxygen atoms in total. The molecular formula is C33H49N6O15P. The predicted octanol–water partition coefficient (Wildman–Crippen LogP) is -1.57. The lowest BCUT2D eigenvalue weighted by Gasteiger charge is -2.41. The fraction of sp³-hybridized carbons (Fsp3) is 0.606. The van der Waals surface area contributed by atoms with Gasteiger partial charge >= 0.3 is 13.5 Å². The molecule has 1 aromatic carbocycles. The highest BCUT2D eigenvalue weighted by molar-refractivity contribution is 7.57. The number of nitrogens with zero attached hydrogens (tertiary/aromatic N) is 4. The molecule has 3 heterocycles. The standard InChI is InChI=1S/C33H49N6O15P/c1-17(2)33(4,32(48)49)38-55(50,54-19-8-6-5-7-9-19)16-51-18(3)11-39-15-37-23-29(35-14-36-30(23)39)34-10-20(42)24(44)28(21(43)12-40)53-31-27(47)26(46)25(45)22(13-41)52-31/h5-9,14-15,17-18,21-22,24-28,31,40-41,43-47H,10-13,16H2,1-4H3,(H,38,50)(H,48,49)(H,34,35,36)/t18-,21-,22-,24-,25+,26+,27-,28-,31+,33+,55+/m1/s1. The van der Waals surface area contributed by atoms with Gasteiger partial charge in [0.05, 0.1) is 38.7 Å². The van der Waals surface area contributed by atoms with Crippen molar-refractivity contribution in [2.45, 2.75) is 94.9 Å². The molecule has 1 saturated heterocycles. The van der Waals surface area contributed by atoms with Gasteiger partial charge in [0.2, 0.25) is 0 Å². The number of carboxylic acid groups (broad SMARTS) is 1. The zero-order valence-corrected chi connectivity index (χ0v) is 31.4. The summed E-state index contributed by atoms with van der Waals surface area (Å²) in [4.78, 5) is 38.0. The van der Waals surface area contributed by atoms with Crippen molar-refractivity contribution in [1.29, 1.82) is 0 Å². The number of ether oxygens (including phenoxy) is 3. The van der Waals surface area contributed by atoms with Crippen molar-refractivity contribution in [3.05, 3.63) is 43.0 Å². The first-order valence-electron chi connectivity index (χ1n) is 17.3. The summed E-state index contributed by atoms with van der Waals surface area (Å²) in [6.45, 7) is 4.18. The van der Waals surface area contributed by atoms with E-state index in [1.165, 1.54) is 19.6 Å². The van der Waals surface area contributed by atoms with Gasteiger partial charge < -0.3 is 69.5 Å². The van der Waals surface area contributed by atoms with Crippen LogP contribution in [-0.2, 0) is 34.9 Å². The van der Waals surface area contributed by atoms with Gasteiger partial charge in [-0.15, -0.1) is 0 Å². The highest BCUT2D eigenvalue weighted by Gasteiger charge is 2.47. The number of para-hydroxylation sites is 1. The number of aliphatic carboxylic acids is 1. The zero-order chi connectivity index (χ0) is 40.7. The van der Waals surface area contributed by atoms with Gasteiger partial charge in [-0.3, -0.25) is 14.2 Å². The number of carbonyl (C=O) groups is 2. The predicted molar refractivity (Wildman–Crippen MR) is 191 cm³/mol. The fourth-order valence-corrected chi connectivity index (χ4v) is 7.62. The largest absolute Gasteiger partial charge is 0.480 e. The number of hydrogen-bond acceptors (Lipinski definition) is 18. The second-order valence-corrected chi connectivity index (χ2v) is 15.6. The summed E-state index contributed by atoms with van der Waals surface area (Å²) in [5.74, 6) is -2.36. The summed E-state index contributed by atoms with van der Waals surface area (Å²) >= 11 is 0. The molecule has 55 heavy (non-hydrogen) atoms. The van der Waals surface area contributed by atoms with Crippen molar-refractivity contribution in [3.63, 3.8) is 0 Å². The average molecular weight is 801 g/mol. The first kappa shape index (κ1) is 44.0. The molecule has 0 radical (unpaired) electrons. The van der Waals surface area contributed by atoms with Crippen LogP contribution in [0.2, 0.25) is 0 Å². The van der Waals surface area contributed by atoms with Crippen LogP contribution in [0.25, 0.3) is 11.2 Å². The molecule has 0 bridgehead atoms. The summed E-state index contributed by atoms with van der Waals surface area (Å²) in [5, 5.41) is 86.0. The number of aliphatic hydroxyl groups excluding tert-OH is 7. The van der Waals surface area contributed by atoms with E-state index in [0.29, 0.717) is 5.65 Å². The molecule has 0 aliphatic carbocycles. The number of Topliss-reactive ketones (excluding diaryl/α,β-unsaturated/α-hetero) is 1. The molecule has 3 aromatic rings. The molecule has 0 amide bonds. The second kappa shape index (κ2) is 19.0. The van der Waals surface area contributed by atoms with Gasteiger partial charge in [-0.2, -0.15) is 0 Å². The van der Waals surface area contributed by atoms with Gasteiger partial charge in [0, 0.05) is 0 Å². The Balaban J connectivity index is 1.43. The van der Waals surface area contributed by atoms with E-state index < -0.39 is 112 Å². The van der Waals surface area contributed by atoms with Crippen molar-refractivity contribution in [3.8, 4) is 5.75 Å². The zero-order valence-electron chi connectivity index (χ0n) is 30.5. The Morgan fingerprint density at radius 3 is 2.35 bits per heavy atom. The number of fused-ring (bicyclic) bond motifs is 1. The maximum atomic E-state index is 14.1. The van der Waals surface area contributed by atoms with Crippen LogP contribution in [0, 0.1) is 5.92 Å². The van der Waals surface area contributed by atoms with Gasteiger partial charge in [0.15, 0.2) is 23.5 Å². The summed E-state index contributed by atoms with van der Waals surface area (Å²) in [6.07, 6.45) is -13.1. The van der Waals surface area contributed by atoms with Crippen LogP contribution < -0.4 is 14.9 Å². The van der Waals surface area contributed by atoms with E-state index >= 15 is 0 Å². The molecule has 0 unspecified atom stereocenters. The van der Waals surface area contributed by atoms with E-state index in [4.69, 9.17) is 18.7 Å². The molecule has 1 fully saturated rings. The first-order chi connectivity index (χ1) is 25.9. The van der Waals surface area contributed by atoms with Crippen LogP contribution >= 0.6 is 7.52 Å². The van der Waals surface area contributed by atoms with Gasteiger partial charge in [0.1, 0.15) is 72.2 Å². The molecule has 10 N–H and O–H groups in total. The van der Waals surface area contributed by atoms with Crippen molar-refractivity contribution in [2.75, 3.05) is 31.4 Å². The first-order valence-corrected chi connectivity index (χ1v) is 19.1. The van der Waals surface area contributed by atoms with E-state index in [1.54, 1.807) is 55.7 Å². The molecule has 1 aliphatic rings. The molecular weight excluding hydrogens is 751 g/mol. The number of carboxylic acids is 1. The smallest absolute Gasteiger partial charge is 0.342 e. The third-order valence-electron chi connectivity index (χ3n) is 9.16. The van der Waals surface area contributed by atoms with E-state index in [1.807, 2.05) is 0 Å². The summed E-state index contributed by atoms with van der Waals surface area (Å²) in [5.41, 5.74) is -1.12. The van der Waals surface area contributed by atoms with Gasteiger partial charge in [-0.05, 0) is 31.9 Å². The Hall–Kier alpha value is -3.70. The van der Waals surface area contributed by atoms with E-state index in [0.717, 1.165) is 0 Å². The number of anilines is 1. The Kier molecular flexibility index (Phi) is 15.2. The quantitative estimate of drug-likeness (QED) is 0.0544. The summed E-state index contributed by atoms with van der Waals surface area (Å²) in [7, 11) is -3.99.